The molecular weight excluding hydrogens is 250 g/mol. The van der Waals surface area contributed by atoms with Gasteiger partial charge in [0.1, 0.15) is 0 Å². The number of nitrogens with one attached hydrogen (secondary N) is 1. The van der Waals surface area contributed by atoms with Gasteiger partial charge in [0, 0.05) is 6.54 Å². The molecule has 2 rings (SSSR count). The summed E-state index contributed by atoms with van der Waals surface area (Å²) in [6.45, 7) is 1.59. The average molecular weight is 269 g/mol. The number of rotatable bonds is 4. The number of hydrogen-bond acceptors (Lipinski definition) is 3. The van der Waals surface area contributed by atoms with E-state index in [-0.39, 0.29) is 6.54 Å². The fraction of sp³-hybridized carbons (Fsp3) is 0.538. The van der Waals surface area contributed by atoms with Crippen molar-refractivity contribution in [2.24, 2.45) is 0 Å². The monoisotopic (exact) mass is 269 g/mol. The molecule has 1 atom stereocenters. The average Bonchev–Trinajstić information content (AvgIpc) is 2.36. The maximum Gasteiger partial charge on any atom is 0.240 e. The molecule has 0 bridgehead atoms. The Labute approximate surface area is 108 Å². The fourth-order valence-electron chi connectivity index (χ4n) is 2.19. The lowest BCUT2D eigenvalue weighted by atomic mass is 9.92. The Morgan fingerprint density at radius 2 is 1.94 bits per heavy atom. The SMILES string of the molecule is CC(O)CNS(=O)(=O)c1ccc2c(c1)CCCC2. The van der Waals surface area contributed by atoms with Crippen molar-refractivity contribution in [1.82, 2.24) is 4.72 Å². The molecule has 2 N–H and O–H groups in total. The van der Waals surface area contributed by atoms with Gasteiger partial charge in [0.25, 0.3) is 0 Å². The van der Waals surface area contributed by atoms with Crippen LogP contribution in [-0.2, 0) is 22.9 Å². The second kappa shape index (κ2) is 5.38. The number of aryl methyl sites for hydroxylation is 2. The van der Waals surface area contributed by atoms with E-state index in [1.165, 1.54) is 12.0 Å². The molecule has 1 aliphatic carbocycles. The zero-order valence-electron chi connectivity index (χ0n) is 10.5. The van der Waals surface area contributed by atoms with Gasteiger partial charge in [-0.15, -0.1) is 0 Å². The van der Waals surface area contributed by atoms with Crippen LogP contribution in [0.1, 0.15) is 30.9 Å². The third-order valence-electron chi connectivity index (χ3n) is 3.20. The molecule has 1 aliphatic rings. The lowest BCUT2D eigenvalue weighted by Gasteiger charge is -2.17. The van der Waals surface area contributed by atoms with Crippen molar-refractivity contribution in [3.63, 3.8) is 0 Å². The highest BCUT2D eigenvalue weighted by Gasteiger charge is 2.17. The summed E-state index contributed by atoms with van der Waals surface area (Å²) < 4.78 is 26.4. The predicted molar refractivity (Wildman–Crippen MR) is 70.0 cm³/mol. The summed E-state index contributed by atoms with van der Waals surface area (Å²) in [7, 11) is -3.50. The Kier molecular flexibility index (Phi) is 4.04. The van der Waals surface area contributed by atoms with E-state index in [9.17, 15) is 8.42 Å². The van der Waals surface area contributed by atoms with E-state index in [0.717, 1.165) is 24.8 Å². The second-order valence-electron chi connectivity index (χ2n) is 4.84. The minimum Gasteiger partial charge on any atom is -0.392 e. The Morgan fingerprint density at radius 3 is 2.61 bits per heavy atom. The summed E-state index contributed by atoms with van der Waals surface area (Å²) in [6.07, 6.45) is 3.61. The highest BCUT2D eigenvalue weighted by Crippen LogP contribution is 2.23. The van der Waals surface area contributed by atoms with E-state index in [2.05, 4.69) is 4.72 Å². The third-order valence-corrected chi connectivity index (χ3v) is 4.62. The van der Waals surface area contributed by atoms with Gasteiger partial charge >= 0.3 is 0 Å². The molecule has 0 amide bonds. The van der Waals surface area contributed by atoms with Crippen LogP contribution in [0.5, 0.6) is 0 Å². The van der Waals surface area contributed by atoms with Crippen molar-refractivity contribution in [1.29, 1.82) is 0 Å². The van der Waals surface area contributed by atoms with Crippen LogP contribution in [0.2, 0.25) is 0 Å². The Morgan fingerprint density at radius 1 is 1.28 bits per heavy atom. The molecule has 0 aliphatic heterocycles. The zero-order chi connectivity index (χ0) is 13.2. The summed E-state index contributed by atoms with van der Waals surface area (Å²) >= 11 is 0. The van der Waals surface area contributed by atoms with Gasteiger partial charge in [-0.1, -0.05) is 6.07 Å². The molecule has 0 aromatic heterocycles. The summed E-state index contributed by atoms with van der Waals surface area (Å²) in [4.78, 5) is 0.295. The van der Waals surface area contributed by atoms with Gasteiger partial charge in [-0.05, 0) is 55.9 Å². The number of aliphatic hydroxyl groups is 1. The first-order valence-corrected chi connectivity index (χ1v) is 7.77. The van der Waals surface area contributed by atoms with Crippen LogP contribution in [0.3, 0.4) is 0 Å². The van der Waals surface area contributed by atoms with Crippen molar-refractivity contribution in [2.45, 2.75) is 43.6 Å². The van der Waals surface area contributed by atoms with Crippen molar-refractivity contribution < 1.29 is 13.5 Å². The molecule has 100 valence electrons. The van der Waals surface area contributed by atoms with Crippen molar-refractivity contribution in [3.8, 4) is 0 Å². The molecule has 4 nitrogen and oxygen atoms in total. The molecule has 1 unspecified atom stereocenters. The highest BCUT2D eigenvalue weighted by molar-refractivity contribution is 7.89. The predicted octanol–water partition coefficient (Wildman–Crippen LogP) is 1.22. The lowest BCUT2D eigenvalue weighted by Crippen LogP contribution is -2.30. The second-order valence-corrected chi connectivity index (χ2v) is 6.61. The summed E-state index contributed by atoms with van der Waals surface area (Å²) in [6, 6.07) is 5.32. The molecular formula is C13H19NO3S. The number of sulfonamides is 1. The maximum absolute atomic E-state index is 12.0. The van der Waals surface area contributed by atoms with E-state index in [4.69, 9.17) is 5.11 Å². The van der Waals surface area contributed by atoms with Gasteiger partial charge in [0.15, 0.2) is 0 Å². The van der Waals surface area contributed by atoms with Crippen molar-refractivity contribution in [3.05, 3.63) is 29.3 Å². The van der Waals surface area contributed by atoms with Crippen LogP contribution in [0.25, 0.3) is 0 Å². The number of hydrogen-bond donors (Lipinski definition) is 2. The molecule has 5 heteroatoms. The fourth-order valence-corrected chi connectivity index (χ4v) is 3.36. The molecule has 1 aromatic rings. The summed E-state index contributed by atoms with van der Waals surface area (Å²) in [5.74, 6) is 0. The summed E-state index contributed by atoms with van der Waals surface area (Å²) in [5, 5.41) is 9.13. The third kappa shape index (κ3) is 3.10. The first kappa shape index (κ1) is 13.5. The van der Waals surface area contributed by atoms with E-state index in [1.807, 2.05) is 6.07 Å². The molecule has 1 aromatic carbocycles. The van der Waals surface area contributed by atoms with Gasteiger partial charge in [0.2, 0.25) is 10.0 Å². The van der Waals surface area contributed by atoms with Crippen LogP contribution < -0.4 is 4.72 Å². The zero-order valence-corrected chi connectivity index (χ0v) is 11.3. The first-order valence-electron chi connectivity index (χ1n) is 6.28. The van der Waals surface area contributed by atoms with Gasteiger partial charge in [-0.25, -0.2) is 13.1 Å². The smallest absolute Gasteiger partial charge is 0.240 e. The highest BCUT2D eigenvalue weighted by atomic mass is 32.2. The maximum atomic E-state index is 12.0. The van der Waals surface area contributed by atoms with E-state index in [0.29, 0.717) is 4.90 Å². The van der Waals surface area contributed by atoms with E-state index >= 15 is 0 Å². The number of aliphatic hydroxyl groups excluding tert-OH is 1. The number of benzene rings is 1. The van der Waals surface area contributed by atoms with Crippen LogP contribution >= 0.6 is 0 Å². The molecule has 18 heavy (non-hydrogen) atoms. The molecule has 0 fully saturated rings. The van der Waals surface area contributed by atoms with Crippen LogP contribution in [0.4, 0.5) is 0 Å². The quantitative estimate of drug-likeness (QED) is 0.864. The van der Waals surface area contributed by atoms with Gasteiger partial charge in [-0.3, -0.25) is 0 Å². The molecule has 0 saturated carbocycles. The Balaban J connectivity index is 2.22. The topological polar surface area (TPSA) is 66.4 Å². The molecule has 0 saturated heterocycles. The normalized spacial score (nSPS) is 17.2. The van der Waals surface area contributed by atoms with Crippen LogP contribution in [-0.4, -0.2) is 26.2 Å². The molecule has 0 spiro atoms. The number of fused-ring (bicyclic) bond motifs is 1. The summed E-state index contributed by atoms with van der Waals surface area (Å²) in [5.41, 5.74) is 2.40. The van der Waals surface area contributed by atoms with E-state index in [1.54, 1.807) is 19.1 Å². The standard InChI is InChI=1S/C13H19NO3S/c1-10(15)9-14-18(16,17)13-7-6-11-4-2-3-5-12(11)8-13/h6-8,10,14-15H,2-5,9H2,1H3. The van der Waals surface area contributed by atoms with Gasteiger partial charge in [0.05, 0.1) is 11.0 Å². The minimum absolute atomic E-state index is 0.0411. The van der Waals surface area contributed by atoms with Crippen molar-refractivity contribution >= 4 is 10.0 Å². The largest absolute Gasteiger partial charge is 0.392 e. The first-order chi connectivity index (χ1) is 8.49. The minimum atomic E-state index is -3.50. The van der Waals surface area contributed by atoms with E-state index < -0.39 is 16.1 Å². The lowest BCUT2D eigenvalue weighted by molar-refractivity contribution is 0.198. The van der Waals surface area contributed by atoms with Crippen LogP contribution in [0, 0.1) is 0 Å². The van der Waals surface area contributed by atoms with Crippen molar-refractivity contribution in [2.75, 3.05) is 6.54 Å². The van der Waals surface area contributed by atoms with Crippen LogP contribution in [0.15, 0.2) is 23.1 Å². The molecule has 0 radical (unpaired) electrons. The van der Waals surface area contributed by atoms with Gasteiger partial charge < -0.3 is 5.11 Å². The molecule has 0 heterocycles. The Bertz CT molecular complexity index is 523. The van der Waals surface area contributed by atoms with Gasteiger partial charge in [-0.2, -0.15) is 0 Å². The Hall–Kier alpha value is -0.910.